The van der Waals surface area contributed by atoms with E-state index in [0.717, 1.165) is 35.7 Å². The molecule has 0 aromatic heterocycles. The molecule has 1 N–H and O–H groups in total. The Bertz CT molecular complexity index is 1020. The largest absolute Gasteiger partial charge is 0.493 e. The van der Waals surface area contributed by atoms with Gasteiger partial charge in [-0.15, -0.1) is 0 Å². The number of amides is 2. The van der Waals surface area contributed by atoms with E-state index in [4.69, 9.17) is 9.47 Å². The van der Waals surface area contributed by atoms with Crippen molar-refractivity contribution in [1.29, 1.82) is 0 Å². The molecule has 0 saturated carbocycles. The van der Waals surface area contributed by atoms with Crippen molar-refractivity contribution in [2.45, 2.75) is 6.54 Å². The average molecular weight is 443 g/mol. The number of nitrogens with one attached hydrogen (secondary N) is 1. The summed E-state index contributed by atoms with van der Waals surface area (Å²) in [5.41, 5.74) is 2.83. The van der Waals surface area contributed by atoms with Crippen LogP contribution in [0.2, 0.25) is 0 Å². The molecule has 1 aliphatic heterocycles. The Morgan fingerprint density at radius 1 is 1.06 bits per heavy atom. The average Bonchev–Trinajstić information content (AvgIpc) is 2.80. The highest BCUT2D eigenvalue weighted by atomic mass is 32.2. The summed E-state index contributed by atoms with van der Waals surface area (Å²) < 4.78 is 15.0. The second-order valence-electron chi connectivity index (χ2n) is 6.37. The molecule has 0 fully saturated rings. The number of rotatable bonds is 6. The zero-order chi connectivity index (χ0) is 22.4. The minimum atomic E-state index is -0.975. The first-order valence-electron chi connectivity index (χ1n) is 9.17. The number of carbonyl (C=O) groups excluding carboxylic acids is 3. The van der Waals surface area contributed by atoms with Crippen molar-refractivity contribution in [3.8, 4) is 11.5 Å². The van der Waals surface area contributed by atoms with Gasteiger partial charge in [0.05, 0.1) is 33.6 Å². The highest BCUT2D eigenvalue weighted by molar-refractivity contribution is 8.14. The fraction of sp³-hybridized carbons (Fsp3) is 0.238. The highest BCUT2D eigenvalue weighted by Crippen LogP contribution is 2.30. The third-order valence-corrected chi connectivity index (χ3v) is 5.29. The summed E-state index contributed by atoms with van der Waals surface area (Å²) in [6.07, 6.45) is 0. The minimum absolute atomic E-state index is 0.160. The van der Waals surface area contributed by atoms with Crippen LogP contribution >= 0.6 is 11.8 Å². The maximum Gasteiger partial charge on any atom is 0.396 e. The summed E-state index contributed by atoms with van der Waals surface area (Å²) in [6.45, 7) is 0.258. The van der Waals surface area contributed by atoms with E-state index in [0.29, 0.717) is 22.9 Å². The second kappa shape index (κ2) is 9.98. The van der Waals surface area contributed by atoms with Gasteiger partial charge in [0.25, 0.3) is 0 Å². The van der Waals surface area contributed by atoms with Gasteiger partial charge < -0.3 is 19.5 Å². The molecule has 10 heteroatoms. The topological polar surface area (TPSA) is 107 Å². The molecule has 0 spiro atoms. The standard InChI is InChI=1S/C21H21N3O6S/c1-28-17-9-6-14(10-18(17)29-2)16-12-31-21(27)24(23-16)11-13-4-7-15(8-5-13)22-19(25)20(26)30-3/h4-10H,11-12H2,1-3H3,(H,22,25). The fourth-order valence-electron chi connectivity index (χ4n) is 2.82. The maximum atomic E-state index is 12.3. The zero-order valence-electron chi connectivity index (χ0n) is 17.2. The number of nitrogens with zero attached hydrogens (tertiary/aromatic N) is 2. The maximum absolute atomic E-state index is 12.3. The van der Waals surface area contributed by atoms with E-state index in [1.165, 1.54) is 5.01 Å². The Labute approximate surface area is 183 Å². The Morgan fingerprint density at radius 2 is 1.77 bits per heavy atom. The number of thioether (sulfide) groups is 1. The van der Waals surface area contributed by atoms with Gasteiger partial charge in [-0.2, -0.15) is 5.10 Å². The Balaban J connectivity index is 1.74. The lowest BCUT2D eigenvalue weighted by molar-refractivity contribution is -0.150. The molecule has 31 heavy (non-hydrogen) atoms. The SMILES string of the molecule is COC(=O)C(=O)Nc1ccc(CN2N=C(c3ccc(OC)c(OC)c3)CSC2=O)cc1. The van der Waals surface area contributed by atoms with Crippen molar-refractivity contribution in [3.63, 3.8) is 0 Å². The van der Waals surface area contributed by atoms with Gasteiger partial charge in [0.2, 0.25) is 0 Å². The van der Waals surface area contributed by atoms with E-state index in [-0.39, 0.29) is 11.8 Å². The molecule has 0 unspecified atom stereocenters. The summed E-state index contributed by atoms with van der Waals surface area (Å²) >= 11 is 1.16. The highest BCUT2D eigenvalue weighted by Gasteiger charge is 2.23. The molecule has 2 aromatic carbocycles. The minimum Gasteiger partial charge on any atom is -0.493 e. The molecule has 2 aromatic rings. The van der Waals surface area contributed by atoms with E-state index in [2.05, 4.69) is 15.2 Å². The normalized spacial score (nSPS) is 13.3. The number of ether oxygens (including phenoxy) is 3. The number of hydrogen-bond acceptors (Lipinski definition) is 8. The number of esters is 1. The molecule has 0 aliphatic carbocycles. The molecule has 2 amide bonds. The van der Waals surface area contributed by atoms with E-state index in [9.17, 15) is 14.4 Å². The van der Waals surface area contributed by atoms with Crippen LogP contribution in [0.15, 0.2) is 47.6 Å². The van der Waals surface area contributed by atoms with Crippen molar-refractivity contribution >= 4 is 40.3 Å². The van der Waals surface area contributed by atoms with Crippen LogP contribution in [0.25, 0.3) is 0 Å². The van der Waals surface area contributed by atoms with Crippen LogP contribution < -0.4 is 14.8 Å². The first-order valence-corrected chi connectivity index (χ1v) is 10.2. The molecular weight excluding hydrogens is 422 g/mol. The van der Waals surface area contributed by atoms with Crippen LogP contribution in [-0.2, 0) is 20.9 Å². The lowest BCUT2D eigenvalue weighted by Gasteiger charge is -2.23. The van der Waals surface area contributed by atoms with E-state index in [1.54, 1.807) is 44.6 Å². The molecule has 0 radical (unpaired) electrons. The van der Waals surface area contributed by atoms with Crippen LogP contribution in [0.3, 0.4) is 0 Å². The zero-order valence-corrected chi connectivity index (χ0v) is 18.0. The Morgan fingerprint density at radius 3 is 2.42 bits per heavy atom. The summed E-state index contributed by atoms with van der Waals surface area (Å²) in [5.74, 6) is -0.189. The molecule has 162 valence electrons. The van der Waals surface area contributed by atoms with Crippen LogP contribution in [0.5, 0.6) is 11.5 Å². The molecule has 3 rings (SSSR count). The van der Waals surface area contributed by atoms with Crippen LogP contribution in [0.4, 0.5) is 10.5 Å². The second-order valence-corrected chi connectivity index (χ2v) is 7.30. The number of anilines is 1. The number of hydrazone groups is 1. The van der Waals surface area contributed by atoms with Crippen LogP contribution in [0, 0.1) is 0 Å². The molecule has 0 saturated heterocycles. The number of carbonyl (C=O) groups is 3. The van der Waals surface area contributed by atoms with Crippen molar-refractivity contribution in [2.75, 3.05) is 32.4 Å². The van der Waals surface area contributed by atoms with Gasteiger partial charge in [-0.25, -0.2) is 9.80 Å². The first kappa shape index (κ1) is 22.2. The van der Waals surface area contributed by atoms with Gasteiger partial charge in [0.15, 0.2) is 11.5 Å². The van der Waals surface area contributed by atoms with Gasteiger partial charge in [-0.05, 0) is 35.9 Å². The van der Waals surface area contributed by atoms with Crippen molar-refractivity contribution in [1.82, 2.24) is 5.01 Å². The Kier molecular flexibility index (Phi) is 7.14. The molecule has 1 heterocycles. The van der Waals surface area contributed by atoms with Gasteiger partial charge in [0.1, 0.15) is 0 Å². The van der Waals surface area contributed by atoms with E-state index < -0.39 is 11.9 Å². The summed E-state index contributed by atoms with van der Waals surface area (Å²) in [4.78, 5) is 35.1. The van der Waals surface area contributed by atoms with Crippen LogP contribution in [0.1, 0.15) is 11.1 Å². The monoisotopic (exact) mass is 443 g/mol. The van der Waals surface area contributed by atoms with Gasteiger partial charge >= 0.3 is 17.1 Å². The lowest BCUT2D eigenvalue weighted by Crippen LogP contribution is -2.29. The molecule has 0 bridgehead atoms. The first-order chi connectivity index (χ1) is 14.9. The van der Waals surface area contributed by atoms with Gasteiger partial charge in [0, 0.05) is 17.0 Å². The predicted molar refractivity (Wildman–Crippen MR) is 117 cm³/mol. The summed E-state index contributed by atoms with van der Waals surface area (Å²) in [6, 6.07) is 12.2. The molecule has 0 atom stereocenters. The van der Waals surface area contributed by atoms with Crippen molar-refractivity contribution in [3.05, 3.63) is 53.6 Å². The van der Waals surface area contributed by atoms with Gasteiger partial charge in [-0.3, -0.25) is 9.59 Å². The fourth-order valence-corrected chi connectivity index (χ4v) is 3.56. The molecule has 9 nitrogen and oxygen atoms in total. The quantitative estimate of drug-likeness (QED) is 0.540. The van der Waals surface area contributed by atoms with Crippen molar-refractivity contribution in [2.24, 2.45) is 5.10 Å². The number of methoxy groups -OCH3 is 3. The van der Waals surface area contributed by atoms with Crippen molar-refractivity contribution < 1.29 is 28.6 Å². The number of hydrogen-bond donors (Lipinski definition) is 1. The predicted octanol–water partition coefficient (Wildman–Crippen LogP) is 2.89. The number of benzene rings is 2. The smallest absolute Gasteiger partial charge is 0.396 e. The third kappa shape index (κ3) is 5.34. The molecular formula is C21H21N3O6S. The van der Waals surface area contributed by atoms with Crippen LogP contribution in [-0.4, -0.2) is 54.9 Å². The molecule has 1 aliphatic rings. The lowest BCUT2D eigenvalue weighted by atomic mass is 10.1. The van der Waals surface area contributed by atoms with E-state index in [1.807, 2.05) is 12.1 Å². The van der Waals surface area contributed by atoms with Gasteiger partial charge in [-0.1, -0.05) is 23.9 Å². The summed E-state index contributed by atoms with van der Waals surface area (Å²) in [7, 11) is 4.26. The van der Waals surface area contributed by atoms with E-state index >= 15 is 0 Å². The summed E-state index contributed by atoms with van der Waals surface area (Å²) in [5, 5.41) is 8.18. The third-order valence-electron chi connectivity index (χ3n) is 4.42. The Hall–Kier alpha value is -3.53.